The first-order valence-electron chi connectivity index (χ1n) is 3.39. The number of aliphatic hydroxyl groups is 1. The number of aliphatic hydroxyl groups excluding tert-OH is 1. The van der Waals surface area contributed by atoms with Gasteiger partial charge in [0, 0.05) is 6.61 Å². The van der Waals surface area contributed by atoms with Crippen LogP contribution in [0.5, 0.6) is 0 Å². The molecule has 3 heteroatoms. The van der Waals surface area contributed by atoms with Crippen molar-refractivity contribution in [2.75, 3.05) is 19.8 Å². The SMILES string of the molecule is OC[C@H]1NCCCCO1. The van der Waals surface area contributed by atoms with Gasteiger partial charge in [-0.2, -0.15) is 0 Å². The molecular weight excluding hydrogens is 118 g/mol. The molecule has 3 nitrogen and oxygen atoms in total. The van der Waals surface area contributed by atoms with Crippen LogP contribution in [-0.2, 0) is 4.74 Å². The highest BCUT2D eigenvalue weighted by atomic mass is 16.5. The minimum absolute atomic E-state index is 0.0833. The Morgan fingerprint density at radius 2 is 2.44 bits per heavy atom. The van der Waals surface area contributed by atoms with E-state index in [2.05, 4.69) is 5.32 Å². The Kier molecular flexibility index (Phi) is 2.97. The van der Waals surface area contributed by atoms with E-state index < -0.39 is 0 Å². The normalized spacial score (nSPS) is 29.7. The second-order valence-corrected chi connectivity index (χ2v) is 2.20. The van der Waals surface area contributed by atoms with Crippen LogP contribution in [0.2, 0.25) is 0 Å². The van der Waals surface area contributed by atoms with E-state index in [9.17, 15) is 0 Å². The van der Waals surface area contributed by atoms with Gasteiger partial charge in [-0.1, -0.05) is 0 Å². The molecule has 0 bridgehead atoms. The van der Waals surface area contributed by atoms with Gasteiger partial charge in [-0.3, -0.25) is 5.32 Å². The van der Waals surface area contributed by atoms with Gasteiger partial charge in [0.2, 0.25) is 0 Å². The van der Waals surface area contributed by atoms with Crippen LogP contribution in [0.4, 0.5) is 0 Å². The summed E-state index contributed by atoms with van der Waals surface area (Å²) in [6, 6.07) is 0. The zero-order valence-electron chi connectivity index (χ0n) is 5.47. The molecule has 0 unspecified atom stereocenters. The lowest BCUT2D eigenvalue weighted by molar-refractivity contribution is 0.00300. The number of hydrogen-bond donors (Lipinski definition) is 2. The van der Waals surface area contributed by atoms with Gasteiger partial charge in [0.05, 0.1) is 6.61 Å². The topological polar surface area (TPSA) is 41.5 Å². The van der Waals surface area contributed by atoms with Gasteiger partial charge in [-0.15, -0.1) is 0 Å². The predicted octanol–water partition coefficient (Wildman–Crippen LogP) is -0.295. The summed E-state index contributed by atoms with van der Waals surface area (Å²) >= 11 is 0. The third-order valence-corrected chi connectivity index (χ3v) is 1.43. The zero-order valence-corrected chi connectivity index (χ0v) is 5.47. The first-order chi connectivity index (χ1) is 4.43. The smallest absolute Gasteiger partial charge is 0.131 e. The van der Waals surface area contributed by atoms with Crippen molar-refractivity contribution >= 4 is 0 Å². The average molecular weight is 131 g/mol. The van der Waals surface area contributed by atoms with E-state index in [4.69, 9.17) is 9.84 Å². The molecule has 0 amide bonds. The van der Waals surface area contributed by atoms with Crippen LogP contribution in [0.1, 0.15) is 12.8 Å². The van der Waals surface area contributed by atoms with E-state index in [1.165, 1.54) is 0 Å². The van der Waals surface area contributed by atoms with E-state index in [1.54, 1.807) is 0 Å². The fourth-order valence-electron chi connectivity index (χ4n) is 0.892. The number of hydrogen-bond acceptors (Lipinski definition) is 3. The van der Waals surface area contributed by atoms with Gasteiger partial charge in [-0.05, 0) is 19.4 Å². The Labute approximate surface area is 55.0 Å². The lowest BCUT2D eigenvalue weighted by Gasteiger charge is -2.11. The summed E-state index contributed by atoms with van der Waals surface area (Å²) in [4.78, 5) is 0. The maximum absolute atomic E-state index is 8.63. The molecular formula is C6H13NO2. The van der Waals surface area contributed by atoms with E-state index >= 15 is 0 Å². The minimum atomic E-state index is -0.118. The van der Waals surface area contributed by atoms with Crippen LogP contribution in [0.25, 0.3) is 0 Å². The molecule has 1 fully saturated rings. The minimum Gasteiger partial charge on any atom is -0.392 e. The van der Waals surface area contributed by atoms with Gasteiger partial charge in [0.15, 0.2) is 0 Å². The second-order valence-electron chi connectivity index (χ2n) is 2.20. The van der Waals surface area contributed by atoms with E-state index in [-0.39, 0.29) is 12.8 Å². The Morgan fingerprint density at radius 1 is 1.56 bits per heavy atom. The zero-order chi connectivity index (χ0) is 6.53. The van der Waals surface area contributed by atoms with Crippen LogP contribution < -0.4 is 5.32 Å². The standard InChI is InChI=1S/C6H13NO2/c8-5-6-7-3-1-2-4-9-6/h6-8H,1-5H2/t6-/m0/s1. The Bertz CT molecular complexity index is 69.5. The predicted molar refractivity (Wildman–Crippen MR) is 34.1 cm³/mol. The third kappa shape index (κ3) is 2.30. The number of rotatable bonds is 1. The van der Waals surface area contributed by atoms with Crippen molar-refractivity contribution in [1.82, 2.24) is 5.32 Å². The maximum Gasteiger partial charge on any atom is 0.131 e. The summed E-state index contributed by atoms with van der Waals surface area (Å²) in [6.45, 7) is 1.82. The summed E-state index contributed by atoms with van der Waals surface area (Å²) in [5.74, 6) is 0. The van der Waals surface area contributed by atoms with Crippen molar-refractivity contribution in [2.45, 2.75) is 19.1 Å². The first kappa shape index (κ1) is 6.99. The van der Waals surface area contributed by atoms with Gasteiger partial charge in [0.25, 0.3) is 0 Å². The molecule has 0 aromatic heterocycles. The van der Waals surface area contributed by atoms with Crippen molar-refractivity contribution in [3.8, 4) is 0 Å². The van der Waals surface area contributed by atoms with Gasteiger partial charge in [0.1, 0.15) is 6.23 Å². The monoisotopic (exact) mass is 131 g/mol. The molecule has 9 heavy (non-hydrogen) atoms. The van der Waals surface area contributed by atoms with Crippen LogP contribution >= 0.6 is 0 Å². The molecule has 2 N–H and O–H groups in total. The first-order valence-corrected chi connectivity index (χ1v) is 3.39. The lowest BCUT2D eigenvalue weighted by Crippen LogP contribution is -2.33. The largest absolute Gasteiger partial charge is 0.392 e. The summed E-state index contributed by atoms with van der Waals surface area (Å²) in [5, 5.41) is 11.7. The molecule has 54 valence electrons. The molecule has 0 radical (unpaired) electrons. The van der Waals surface area contributed by atoms with Crippen molar-refractivity contribution < 1.29 is 9.84 Å². The molecule has 0 aromatic carbocycles. The summed E-state index contributed by atoms with van der Waals surface area (Å²) in [5.41, 5.74) is 0. The molecule has 0 aliphatic carbocycles. The van der Waals surface area contributed by atoms with Crippen LogP contribution in [0.15, 0.2) is 0 Å². The van der Waals surface area contributed by atoms with Crippen molar-refractivity contribution in [2.24, 2.45) is 0 Å². The highest BCUT2D eigenvalue weighted by molar-refractivity contribution is 4.58. The highest BCUT2D eigenvalue weighted by Gasteiger charge is 2.08. The summed E-state index contributed by atoms with van der Waals surface area (Å²) in [7, 11) is 0. The fourth-order valence-corrected chi connectivity index (χ4v) is 0.892. The Morgan fingerprint density at radius 3 is 3.22 bits per heavy atom. The van der Waals surface area contributed by atoms with Crippen molar-refractivity contribution in [3.63, 3.8) is 0 Å². The van der Waals surface area contributed by atoms with Crippen LogP contribution in [0, 0.1) is 0 Å². The number of ether oxygens (including phenoxy) is 1. The van der Waals surface area contributed by atoms with Crippen molar-refractivity contribution in [1.29, 1.82) is 0 Å². The fraction of sp³-hybridized carbons (Fsp3) is 1.00. The molecule has 1 aliphatic rings. The number of nitrogens with one attached hydrogen (secondary N) is 1. The van der Waals surface area contributed by atoms with E-state index in [0.717, 1.165) is 26.0 Å². The molecule has 1 saturated heterocycles. The van der Waals surface area contributed by atoms with Gasteiger partial charge in [-0.25, -0.2) is 0 Å². The van der Waals surface area contributed by atoms with E-state index in [1.807, 2.05) is 0 Å². The van der Waals surface area contributed by atoms with Gasteiger partial charge < -0.3 is 9.84 Å². The van der Waals surface area contributed by atoms with Gasteiger partial charge >= 0.3 is 0 Å². The average Bonchev–Trinajstić information content (AvgIpc) is 2.13. The Hall–Kier alpha value is -0.120. The quantitative estimate of drug-likeness (QED) is 0.513. The summed E-state index contributed by atoms with van der Waals surface area (Å²) in [6.07, 6.45) is 2.13. The second kappa shape index (κ2) is 3.82. The van der Waals surface area contributed by atoms with Crippen LogP contribution in [0.3, 0.4) is 0 Å². The van der Waals surface area contributed by atoms with Crippen molar-refractivity contribution in [3.05, 3.63) is 0 Å². The summed E-state index contributed by atoms with van der Waals surface area (Å²) < 4.78 is 5.19. The van der Waals surface area contributed by atoms with Crippen LogP contribution in [-0.4, -0.2) is 31.1 Å². The Balaban J connectivity index is 2.18. The molecule has 1 heterocycles. The molecule has 0 spiro atoms. The van der Waals surface area contributed by atoms with E-state index in [0.29, 0.717) is 0 Å². The highest BCUT2D eigenvalue weighted by Crippen LogP contribution is 1.97. The molecule has 0 saturated carbocycles. The molecule has 1 aliphatic heterocycles. The lowest BCUT2D eigenvalue weighted by atomic mass is 10.3. The molecule has 1 rings (SSSR count). The molecule has 1 atom stereocenters. The third-order valence-electron chi connectivity index (χ3n) is 1.43. The molecule has 0 aromatic rings. The maximum atomic E-state index is 8.63.